The minimum absolute atomic E-state index is 0.130. The highest BCUT2D eigenvalue weighted by Crippen LogP contribution is 2.35. The maximum absolute atomic E-state index is 11.7. The van der Waals surface area contributed by atoms with Crippen molar-refractivity contribution in [2.45, 2.75) is 63.1 Å². The van der Waals surface area contributed by atoms with Crippen molar-refractivity contribution in [1.82, 2.24) is 0 Å². The van der Waals surface area contributed by atoms with Crippen LogP contribution in [0.1, 0.15) is 29.5 Å². The maximum Gasteiger partial charge on any atom is 0.305 e. The van der Waals surface area contributed by atoms with Crippen LogP contribution in [0.4, 0.5) is 0 Å². The molecule has 0 aromatic heterocycles. The number of benzene rings is 3. The second-order valence-corrected chi connectivity index (χ2v) is 9.44. The number of hydrogen-bond donors (Lipinski definition) is 1. The average Bonchev–Trinajstić information content (AvgIpc) is 3.74. The van der Waals surface area contributed by atoms with E-state index in [4.69, 9.17) is 29.4 Å². The zero-order chi connectivity index (χ0) is 26.6. The van der Waals surface area contributed by atoms with Crippen LogP contribution in [0, 0.1) is 0 Å². The quantitative estimate of drug-likeness (QED) is 0.221. The molecule has 7 nitrogen and oxygen atoms in total. The largest absolute Gasteiger partial charge is 0.469 e. The molecule has 38 heavy (non-hydrogen) atoms. The van der Waals surface area contributed by atoms with Gasteiger partial charge in [-0.15, -0.1) is 0 Å². The first-order valence-corrected chi connectivity index (χ1v) is 13.0. The van der Waals surface area contributed by atoms with Crippen molar-refractivity contribution in [3.8, 4) is 0 Å². The van der Waals surface area contributed by atoms with E-state index in [1.54, 1.807) is 0 Å². The van der Waals surface area contributed by atoms with Crippen LogP contribution in [-0.4, -0.2) is 50.1 Å². The number of methoxy groups -OCH3 is 1. The molecule has 1 aliphatic rings. The van der Waals surface area contributed by atoms with Crippen molar-refractivity contribution in [2.75, 3.05) is 13.7 Å². The molecule has 7 heteroatoms. The van der Waals surface area contributed by atoms with Crippen LogP contribution in [0.2, 0.25) is 0 Å². The van der Waals surface area contributed by atoms with E-state index in [1.165, 1.54) is 7.11 Å². The Hall–Kier alpha value is -3.07. The van der Waals surface area contributed by atoms with Crippen LogP contribution in [0.25, 0.3) is 0 Å². The van der Waals surface area contributed by atoms with E-state index in [-0.39, 0.29) is 24.6 Å². The molecule has 4 rings (SSSR count). The Labute approximate surface area is 224 Å². The van der Waals surface area contributed by atoms with E-state index in [1.807, 2.05) is 91.0 Å². The Bertz CT molecular complexity index is 1080. The van der Waals surface area contributed by atoms with Crippen LogP contribution in [0.15, 0.2) is 91.0 Å². The Kier molecular flexibility index (Phi) is 10.9. The third-order valence-electron chi connectivity index (χ3n) is 6.54. The van der Waals surface area contributed by atoms with Crippen LogP contribution >= 0.6 is 0 Å². The lowest BCUT2D eigenvalue weighted by Crippen LogP contribution is -2.51. The maximum atomic E-state index is 11.7. The van der Waals surface area contributed by atoms with E-state index in [9.17, 15) is 4.79 Å². The van der Waals surface area contributed by atoms with Gasteiger partial charge in [0, 0.05) is 6.42 Å². The fourth-order valence-electron chi connectivity index (χ4n) is 4.39. The molecular weight excluding hydrogens is 482 g/mol. The SMILES string of the molecule is COC(=O)CC[C@@H]1O[C@@H]1[C@@H](OCc1ccccc1)[C@H](OCc1ccccc1)[C@H](N)COCc1ccccc1. The molecule has 0 saturated carbocycles. The minimum Gasteiger partial charge on any atom is -0.469 e. The lowest BCUT2D eigenvalue weighted by Gasteiger charge is -2.31. The van der Waals surface area contributed by atoms with Crippen LogP contribution in [0.5, 0.6) is 0 Å². The van der Waals surface area contributed by atoms with Crippen molar-refractivity contribution >= 4 is 5.97 Å². The van der Waals surface area contributed by atoms with Gasteiger partial charge < -0.3 is 29.4 Å². The van der Waals surface area contributed by atoms with E-state index in [0.29, 0.717) is 32.8 Å². The Morgan fingerprint density at radius 1 is 0.816 bits per heavy atom. The molecule has 0 bridgehead atoms. The summed E-state index contributed by atoms with van der Waals surface area (Å²) in [6.07, 6.45) is -0.488. The fraction of sp³-hybridized carbons (Fsp3) is 0.387. The zero-order valence-corrected chi connectivity index (χ0v) is 21.8. The first-order valence-electron chi connectivity index (χ1n) is 13.0. The lowest BCUT2D eigenvalue weighted by molar-refractivity contribution is -0.140. The summed E-state index contributed by atoms with van der Waals surface area (Å²) >= 11 is 0. The molecule has 0 radical (unpaired) electrons. The third kappa shape index (κ3) is 8.75. The van der Waals surface area contributed by atoms with Gasteiger partial charge in [0.1, 0.15) is 18.3 Å². The summed E-state index contributed by atoms with van der Waals surface area (Å²) in [6, 6.07) is 29.4. The molecule has 1 heterocycles. The average molecular weight is 520 g/mol. The number of rotatable bonds is 16. The molecule has 1 saturated heterocycles. The highest BCUT2D eigenvalue weighted by atomic mass is 16.6. The van der Waals surface area contributed by atoms with Crippen LogP contribution < -0.4 is 5.73 Å². The van der Waals surface area contributed by atoms with Gasteiger partial charge in [-0.1, -0.05) is 91.0 Å². The van der Waals surface area contributed by atoms with Gasteiger partial charge in [-0.25, -0.2) is 0 Å². The Balaban J connectivity index is 1.47. The number of esters is 1. The van der Waals surface area contributed by atoms with Gasteiger partial charge in [0.2, 0.25) is 0 Å². The molecule has 3 aromatic carbocycles. The van der Waals surface area contributed by atoms with E-state index < -0.39 is 18.2 Å². The second kappa shape index (κ2) is 14.8. The van der Waals surface area contributed by atoms with Gasteiger partial charge in [-0.05, 0) is 23.1 Å². The fourth-order valence-corrected chi connectivity index (χ4v) is 4.39. The summed E-state index contributed by atoms with van der Waals surface area (Å²) in [7, 11) is 1.39. The zero-order valence-electron chi connectivity index (χ0n) is 21.8. The van der Waals surface area contributed by atoms with Gasteiger partial charge in [0.15, 0.2) is 0 Å². The van der Waals surface area contributed by atoms with Gasteiger partial charge in [0.25, 0.3) is 0 Å². The van der Waals surface area contributed by atoms with Crippen molar-refractivity contribution in [3.63, 3.8) is 0 Å². The van der Waals surface area contributed by atoms with Gasteiger partial charge in [-0.2, -0.15) is 0 Å². The summed E-state index contributed by atoms with van der Waals surface area (Å²) < 4.78 is 29.7. The third-order valence-corrected chi connectivity index (χ3v) is 6.54. The van der Waals surface area contributed by atoms with Gasteiger partial charge in [-0.3, -0.25) is 4.79 Å². The Morgan fingerprint density at radius 2 is 1.34 bits per heavy atom. The summed E-state index contributed by atoms with van der Waals surface area (Å²) in [4.78, 5) is 11.7. The molecule has 1 aliphatic heterocycles. The minimum atomic E-state index is -0.497. The normalized spacial score (nSPS) is 18.9. The predicted molar refractivity (Wildman–Crippen MR) is 144 cm³/mol. The van der Waals surface area contributed by atoms with Crippen LogP contribution in [0.3, 0.4) is 0 Å². The summed E-state index contributed by atoms with van der Waals surface area (Å²) in [5.41, 5.74) is 9.87. The predicted octanol–water partition coefficient (Wildman–Crippen LogP) is 4.42. The highest BCUT2D eigenvalue weighted by molar-refractivity contribution is 5.69. The Morgan fingerprint density at radius 3 is 1.89 bits per heavy atom. The second-order valence-electron chi connectivity index (χ2n) is 9.44. The molecule has 5 atom stereocenters. The molecule has 202 valence electrons. The van der Waals surface area contributed by atoms with Gasteiger partial charge in [0.05, 0.1) is 45.7 Å². The van der Waals surface area contributed by atoms with Crippen molar-refractivity contribution in [3.05, 3.63) is 108 Å². The molecule has 0 aliphatic carbocycles. The number of epoxide rings is 1. The van der Waals surface area contributed by atoms with Crippen molar-refractivity contribution < 1.29 is 28.5 Å². The number of carbonyl (C=O) groups is 1. The molecule has 2 N–H and O–H groups in total. The summed E-state index contributed by atoms with van der Waals surface area (Å²) in [5, 5.41) is 0. The standard InChI is InChI=1S/C31H37NO6/c1-34-28(33)18-17-27-30(38-27)31(37-21-25-15-9-4-10-16-25)29(36-20-24-13-7-3-8-14-24)26(32)22-35-19-23-11-5-2-6-12-23/h2-16,26-27,29-31H,17-22,32H2,1H3/t26-,27+,29-,30+,31+/m1/s1. The molecule has 3 aromatic rings. The first kappa shape index (κ1) is 28.0. The first-order chi connectivity index (χ1) is 18.6. The summed E-state index contributed by atoms with van der Waals surface area (Å²) in [5.74, 6) is -0.260. The summed E-state index contributed by atoms with van der Waals surface area (Å²) in [6.45, 7) is 1.51. The monoisotopic (exact) mass is 519 g/mol. The molecule has 0 spiro atoms. The van der Waals surface area contributed by atoms with Crippen molar-refractivity contribution in [1.29, 1.82) is 0 Å². The molecular formula is C31H37NO6. The number of carbonyl (C=O) groups excluding carboxylic acids is 1. The molecule has 1 fully saturated rings. The van der Waals surface area contributed by atoms with E-state index in [2.05, 4.69) is 0 Å². The number of ether oxygens (including phenoxy) is 5. The smallest absolute Gasteiger partial charge is 0.305 e. The number of nitrogens with two attached hydrogens (primary N) is 1. The van der Waals surface area contributed by atoms with Crippen molar-refractivity contribution in [2.24, 2.45) is 5.73 Å². The highest BCUT2D eigenvalue weighted by Gasteiger charge is 2.50. The molecule has 0 amide bonds. The van der Waals surface area contributed by atoms with Gasteiger partial charge >= 0.3 is 5.97 Å². The molecule has 0 unspecified atom stereocenters. The van der Waals surface area contributed by atoms with E-state index in [0.717, 1.165) is 16.7 Å². The lowest BCUT2D eigenvalue weighted by atomic mass is 10.00. The topological polar surface area (TPSA) is 92.5 Å². The van der Waals surface area contributed by atoms with E-state index >= 15 is 0 Å². The number of hydrogen-bond acceptors (Lipinski definition) is 7. The van der Waals surface area contributed by atoms with Crippen LogP contribution in [-0.2, 0) is 48.3 Å².